The number of sulfonamides is 1. The summed E-state index contributed by atoms with van der Waals surface area (Å²) in [6.07, 6.45) is 2.79. The van der Waals surface area contributed by atoms with E-state index < -0.39 is 21.0 Å². The van der Waals surface area contributed by atoms with Crippen molar-refractivity contribution < 1.29 is 17.8 Å². The van der Waals surface area contributed by atoms with Gasteiger partial charge in [0.15, 0.2) is 5.11 Å². The quantitative estimate of drug-likeness (QED) is 0.195. The molecule has 12 heteroatoms. The first-order valence-electron chi connectivity index (χ1n) is 11.1. The van der Waals surface area contributed by atoms with Crippen LogP contribution in [0.5, 0.6) is 0 Å². The fourth-order valence-corrected chi connectivity index (χ4v) is 5.15. The predicted molar refractivity (Wildman–Crippen MR) is 144 cm³/mol. The summed E-state index contributed by atoms with van der Waals surface area (Å²) in [5, 5.41) is 14.8. The van der Waals surface area contributed by atoms with Gasteiger partial charge in [-0.3, -0.25) is 19.8 Å². The molecule has 10 nitrogen and oxygen atoms in total. The summed E-state index contributed by atoms with van der Waals surface area (Å²) >= 11 is 5.71. The lowest BCUT2D eigenvalue weighted by molar-refractivity contribution is -0.384. The molecular formula is C25H21N5O5S2. The molecule has 5 rings (SSSR count). The highest BCUT2D eigenvalue weighted by Crippen LogP contribution is 2.43. The van der Waals surface area contributed by atoms with E-state index >= 15 is 0 Å². The highest BCUT2D eigenvalue weighted by atomic mass is 32.2. The number of hydrogen-bond acceptors (Lipinski definition) is 7. The fraction of sp³-hybridized carbons (Fsp3) is 0.120. The Kier molecular flexibility index (Phi) is 6.36. The summed E-state index contributed by atoms with van der Waals surface area (Å²) in [7, 11) is -3.41. The number of benzene rings is 2. The standard InChI is InChI=1S/C25H21N5O5S2/c1-37(33,34)28-17-7-11-18(12-8-17)29-24(23(27-25(29)36)20-4-2-3-15-26-20)22-14-13-21(35-22)16-5-9-19(10-6-16)30(31)32/h2-15,23-24,28H,1H3,(H,27,36)/t23-,24+/m1/s1. The minimum atomic E-state index is -3.41. The Bertz CT molecular complexity index is 1560. The van der Waals surface area contributed by atoms with Crippen molar-refractivity contribution >= 4 is 44.4 Å². The van der Waals surface area contributed by atoms with Gasteiger partial charge in [-0.1, -0.05) is 6.07 Å². The molecule has 0 bridgehead atoms. The zero-order valence-corrected chi connectivity index (χ0v) is 21.1. The van der Waals surface area contributed by atoms with E-state index in [9.17, 15) is 18.5 Å². The molecule has 1 saturated heterocycles. The van der Waals surface area contributed by atoms with E-state index in [-0.39, 0.29) is 11.7 Å². The van der Waals surface area contributed by atoms with E-state index in [0.717, 1.165) is 17.6 Å². The van der Waals surface area contributed by atoms with Crippen LogP contribution in [-0.4, -0.2) is 29.7 Å². The van der Waals surface area contributed by atoms with Gasteiger partial charge >= 0.3 is 0 Å². The molecule has 0 saturated carbocycles. The molecule has 0 radical (unpaired) electrons. The molecule has 37 heavy (non-hydrogen) atoms. The molecule has 0 aliphatic carbocycles. The van der Waals surface area contributed by atoms with Crippen molar-refractivity contribution in [3.8, 4) is 11.3 Å². The maximum absolute atomic E-state index is 11.6. The zero-order valence-electron chi connectivity index (χ0n) is 19.4. The maximum Gasteiger partial charge on any atom is 0.269 e. The molecule has 0 spiro atoms. The largest absolute Gasteiger partial charge is 0.459 e. The van der Waals surface area contributed by atoms with E-state index in [2.05, 4.69) is 15.0 Å². The number of aromatic nitrogens is 1. The van der Waals surface area contributed by atoms with Crippen LogP contribution in [0.1, 0.15) is 23.5 Å². The number of nitrogens with zero attached hydrogens (tertiary/aromatic N) is 3. The van der Waals surface area contributed by atoms with Gasteiger partial charge in [0, 0.05) is 35.3 Å². The minimum absolute atomic E-state index is 0.00364. The Balaban J connectivity index is 1.53. The Morgan fingerprint density at radius 3 is 2.41 bits per heavy atom. The second kappa shape index (κ2) is 9.64. The average molecular weight is 536 g/mol. The van der Waals surface area contributed by atoms with Gasteiger partial charge in [-0.25, -0.2) is 8.42 Å². The van der Waals surface area contributed by atoms with Gasteiger partial charge in [0.1, 0.15) is 17.6 Å². The Morgan fingerprint density at radius 2 is 1.78 bits per heavy atom. The molecule has 4 aromatic rings. The lowest BCUT2D eigenvalue weighted by atomic mass is 10.0. The van der Waals surface area contributed by atoms with Crippen molar-refractivity contribution in [3.05, 3.63) is 107 Å². The second-order valence-electron chi connectivity index (χ2n) is 8.42. The number of nitro groups is 1. The number of nitro benzene ring substituents is 1. The van der Waals surface area contributed by atoms with Gasteiger partial charge in [0.25, 0.3) is 5.69 Å². The van der Waals surface area contributed by atoms with Crippen molar-refractivity contribution in [3.63, 3.8) is 0 Å². The molecule has 0 amide bonds. The molecule has 1 aliphatic rings. The van der Waals surface area contributed by atoms with Crippen LogP contribution in [0, 0.1) is 10.1 Å². The third-order valence-corrected chi connectivity index (χ3v) is 6.75. The number of anilines is 2. The molecule has 0 unspecified atom stereocenters. The van der Waals surface area contributed by atoms with E-state index in [1.165, 1.54) is 12.1 Å². The molecular weight excluding hydrogens is 514 g/mol. The smallest absolute Gasteiger partial charge is 0.269 e. The first-order chi connectivity index (χ1) is 17.7. The van der Waals surface area contributed by atoms with Crippen LogP contribution >= 0.6 is 12.2 Å². The summed E-state index contributed by atoms with van der Waals surface area (Å²) in [6, 6.07) is 21.5. The number of hydrogen-bond donors (Lipinski definition) is 2. The Hall–Kier alpha value is -4.29. The second-order valence-corrected chi connectivity index (χ2v) is 10.6. The molecule has 2 atom stereocenters. The molecule has 3 heterocycles. The molecule has 2 N–H and O–H groups in total. The van der Waals surface area contributed by atoms with Gasteiger partial charge in [-0.05, 0) is 72.9 Å². The van der Waals surface area contributed by atoms with E-state index in [4.69, 9.17) is 16.6 Å². The number of thiocarbonyl (C=S) groups is 1. The molecule has 1 fully saturated rings. The van der Waals surface area contributed by atoms with Crippen LogP contribution in [0.25, 0.3) is 11.3 Å². The minimum Gasteiger partial charge on any atom is -0.459 e. The van der Waals surface area contributed by atoms with E-state index in [0.29, 0.717) is 27.9 Å². The number of rotatable bonds is 7. The van der Waals surface area contributed by atoms with Crippen molar-refractivity contribution in [1.29, 1.82) is 0 Å². The summed E-state index contributed by atoms with van der Waals surface area (Å²) < 4.78 is 31.9. The van der Waals surface area contributed by atoms with Crippen LogP contribution in [0.3, 0.4) is 0 Å². The van der Waals surface area contributed by atoms with Crippen molar-refractivity contribution in [2.75, 3.05) is 15.9 Å². The summed E-state index contributed by atoms with van der Waals surface area (Å²) in [6.45, 7) is 0. The monoisotopic (exact) mass is 535 g/mol. The first-order valence-corrected chi connectivity index (χ1v) is 13.4. The maximum atomic E-state index is 11.6. The van der Waals surface area contributed by atoms with Crippen molar-refractivity contribution in [2.24, 2.45) is 0 Å². The first kappa shape index (κ1) is 24.4. The third-order valence-electron chi connectivity index (χ3n) is 5.83. The molecule has 2 aromatic carbocycles. The number of nitrogens with one attached hydrogen (secondary N) is 2. The number of pyridine rings is 1. The third kappa shape index (κ3) is 5.15. The topological polar surface area (TPSA) is 131 Å². The Labute approximate surface area is 218 Å². The van der Waals surface area contributed by atoms with Crippen LogP contribution in [0.4, 0.5) is 17.1 Å². The average Bonchev–Trinajstić information content (AvgIpc) is 3.49. The highest BCUT2D eigenvalue weighted by molar-refractivity contribution is 7.92. The molecule has 2 aromatic heterocycles. The van der Waals surface area contributed by atoms with Crippen LogP contribution in [-0.2, 0) is 10.0 Å². The highest BCUT2D eigenvalue weighted by Gasteiger charge is 2.42. The number of furan rings is 1. The number of non-ortho nitro benzene ring substituents is 1. The van der Waals surface area contributed by atoms with Gasteiger partial charge < -0.3 is 14.6 Å². The van der Waals surface area contributed by atoms with Crippen LogP contribution in [0.15, 0.2) is 89.5 Å². The fourth-order valence-electron chi connectivity index (χ4n) is 4.24. The lowest BCUT2D eigenvalue weighted by Gasteiger charge is -2.26. The van der Waals surface area contributed by atoms with Gasteiger partial charge in [0.05, 0.1) is 22.9 Å². The van der Waals surface area contributed by atoms with Crippen molar-refractivity contribution in [1.82, 2.24) is 10.3 Å². The molecule has 188 valence electrons. The normalized spacial score (nSPS) is 17.4. The predicted octanol–water partition coefficient (Wildman–Crippen LogP) is 4.80. The zero-order chi connectivity index (χ0) is 26.2. The summed E-state index contributed by atoms with van der Waals surface area (Å²) in [5.41, 5.74) is 2.62. The van der Waals surface area contributed by atoms with E-state index in [1.54, 1.807) is 42.6 Å². The van der Waals surface area contributed by atoms with Crippen molar-refractivity contribution in [2.45, 2.75) is 12.1 Å². The van der Waals surface area contributed by atoms with Gasteiger partial charge in [0.2, 0.25) is 10.0 Å². The van der Waals surface area contributed by atoms with Gasteiger partial charge in [-0.15, -0.1) is 0 Å². The van der Waals surface area contributed by atoms with Crippen LogP contribution in [0.2, 0.25) is 0 Å². The van der Waals surface area contributed by atoms with E-state index in [1.807, 2.05) is 35.2 Å². The molecule has 1 aliphatic heterocycles. The summed E-state index contributed by atoms with van der Waals surface area (Å²) in [4.78, 5) is 17.0. The van der Waals surface area contributed by atoms with Crippen LogP contribution < -0.4 is 14.9 Å². The van der Waals surface area contributed by atoms with Gasteiger partial charge in [-0.2, -0.15) is 0 Å². The Morgan fingerprint density at radius 1 is 1.05 bits per heavy atom. The summed E-state index contributed by atoms with van der Waals surface area (Å²) in [5.74, 6) is 1.16. The lowest BCUT2D eigenvalue weighted by Crippen LogP contribution is -2.29. The SMILES string of the molecule is CS(=O)(=O)Nc1ccc(N2C(=S)N[C@H](c3ccccn3)[C@@H]2c2ccc(-c3ccc([N+](=O)[O-])cc3)o2)cc1.